The van der Waals surface area contributed by atoms with Crippen LogP contribution in [0.3, 0.4) is 0 Å². The molecule has 3 N–H and O–H groups in total. The number of hydrogen-bond acceptors (Lipinski definition) is 4. The second kappa shape index (κ2) is 5.31. The summed E-state index contributed by atoms with van der Waals surface area (Å²) in [5.74, 6) is 0.992. The lowest BCUT2D eigenvalue weighted by atomic mass is 10.1. The van der Waals surface area contributed by atoms with E-state index < -0.39 is 0 Å². The van der Waals surface area contributed by atoms with Crippen LogP contribution in [-0.4, -0.2) is 30.1 Å². The molecule has 17 heavy (non-hydrogen) atoms. The number of fused-ring (bicyclic) bond motifs is 1. The van der Waals surface area contributed by atoms with E-state index in [2.05, 4.69) is 34.4 Å². The maximum atomic E-state index is 5.48. The van der Waals surface area contributed by atoms with E-state index in [0.717, 1.165) is 43.9 Å². The lowest BCUT2D eigenvalue weighted by Gasteiger charge is -2.27. The molecule has 1 aromatic rings. The summed E-state index contributed by atoms with van der Waals surface area (Å²) in [6, 6.07) is 4.21. The molecule has 0 fully saturated rings. The Bertz CT molecular complexity index is 419. The average Bonchev–Trinajstić information content (AvgIpc) is 2.29. The average molecular weight is 250 g/mol. The molecule has 92 valence electrons. The molecule has 0 aliphatic carbocycles. The molecule has 1 aliphatic rings. The smallest absolute Gasteiger partial charge is 0.149 e. The van der Waals surface area contributed by atoms with Gasteiger partial charge in [0.1, 0.15) is 5.82 Å². The Morgan fingerprint density at radius 2 is 2.41 bits per heavy atom. The molecule has 0 atom stereocenters. The summed E-state index contributed by atoms with van der Waals surface area (Å²) >= 11 is 4.86. The lowest BCUT2D eigenvalue weighted by Crippen LogP contribution is -2.31. The summed E-state index contributed by atoms with van der Waals surface area (Å²) in [6.45, 7) is 1.97. The van der Waals surface area contributed by atoms with Crippen molar-refractivity contribution in [3.05, 3.63) is 17.8 Å². The molecule has 4 nitrogen and oxygen atoms in total. The Morgan fingerprint density at radius 3 is 3.18 bits per heavy atom. The molecule has 0 saturated heterocycles. The van der Waals surface area contributed by atoms with Gasteiger partial charge in [0.25, 0.3) is 0 Å². The van der Waals surface area contributed by atoms with E-state index >= 15 is 0 Å². The number of nitrogens with one attached hydrogen (secondary N) is 1. The predicted octanol–water partition coefficient (Wildman–Crippen LogP) is 1.55. The van der Waals surface area contributed by atoms with Crippen LogP contribution in [0, 0.1) is 0 Å². The van der Waals surface area contributed by atoms with Crippen LogP contribution in [-0.2, 0) is 6.42 Å². The first kappa shape index (κ1) is 12.1. The van der Waals surface area contributed by atoms with E-state index in [1.165, 1.54) is 5.69 Å². The second-order valence-corrected chi connectivity index (χ2v) is 4.86. The molecule has 2 rings (SSSR count). The molecule has 0 bridgehead atoms. The number of aromatic nitrogens is 1. The van der Waals surface area contributed by atoms with Gasteiger partial charge in [0.15, 0.2) is 0 Å². The van der Waals surface area contributed by atoms with Crippen LogP contribution in [0.4, 0.5) is 11.5 Å². The number of aryl methyl sites for hydroxylation is 1. The Kier molecular flexibility index (Phi) is 3.78. The molecule has 0 spiro atoms. The zero-order valence-corrected chi connectivity index (χ0v) is 10.9. The van der Waals surface area contributed by atoms with Gasteiger partial charge >= 0.3 is 0 Å². The fourth-order valence-electron chi connectivity index (χ4n) is 1.98. The first-order valence-electron chi connectivity index (χ1n) is 5.90. The van der Waals surface area contributed by atoms with Gasteiger partial charge in [-0.25, -0.2) is 4.98 Å². The molecule has 1 aromatic heterocycles. The van der Waals surface area contributed by atoms with E-state index in [9.17, 15) is 0 Å². The molecular formula is C12H18N4S. The molecule has 0 saturated carbocycles. The Hall–Kier alpha value is -1.36. The quantitative estimate of drug-likeness (QED) is 0.794. The number of likely N-dealkylation sites (N-methyl/N-ethyl adjacent to an activating group) is 1. The summed E-state index contributed by atoms with van der Waals surface area (Å²) in [6.07, 6.45) is 2.69. The highest BCUT2D eigenvalue weighted by molar-refractivity contribution is 7.80. The molecule has 0 amide bonds. The van der Waals surface area contributed by atoms with E-state index in [1.807, 2.05) is 0 Å². The summed E-state index contributed by atoms with van der Waals surface area (Å²) in [4.78, 5) is 7.43. The fraction of sp³-hybridized carbons (Fsp3) is 0.500. The van der Waals surface area contributed by atoms with Gasteiger partial charge in [0, 0.05) is 25.8 Å². The maximum absolute atomic E-state index is 5.48. The SMILES string of the molecule is CN1CCNc2nc(CCCC(N)=S)ccc21. The van der Waals surface area contributed by atoms with Gasteiger partial charge in [-0.1, -0.05) is 12.2 Å². The summed E-state index contributed by atoms with van der Waals surface area (Å²) in [5.41, 5.74) is 7.75. The van der Waals surface area contributed by atoms with Crippen LogP contribution < -0.4 is 16.0 Å². The van der Waals surface area contributed by atoms with E-state index in [-0.39, 0.29) is 0 Å². The van der Waals surface area contributed by atoms with Crippen molar-refractivity contribution in [2.45, 2.75) is 19.3 Å². The molecule has 0 radical (unpaired) electrons. The third-order valence-corrected chi connectivity index (χ3v) is 3.14. The Labute approximate surface area is 107 Å². The highest BCUT2D eigenvalue weighted by Gasteiger charge is 2.14. The van der Waals surface area contributed by atoms with Crippen molar-refractivity contribution >= 4 is 28.7 Å². The van der Waals surface area contributed by atoms with E-state index in [4.69, 9.17) is 18.0 Å². The molecule has 5 heteroatoms. The molecule has 1 aliphatic heterocycles. The van der Waals surface area contributed by atoms with Gasteiger partial charge in [-0.3, -0.25) is 0 Å². The summed E-state index contributed by atoms with van der Waals surface area (Å²) in [5, 5.41) is 3.33. The highest BCUT2D eigenvalue weighted by Crippen LogP contribution is 2.26. The maximum Gasteiger partial charge on any atom is 0.149 e. The third kappa shape index (κ3) is 3.06. The normalized spacial score (nSPS) is 14.1. The van der Waals surface area contributed by atoms with Crippen molar-refractivity contribution in [2.24, 2.45) is 5.73 Å². The number of thiocarbonyl (C=S) groups is 1. The lowest BCUT2D eigenvalue weighted by molar-refractivity contribution is 0.823. The summed E-state index contributed by atoms with van der Waals surface area (Å²) < 4.78 is 0. The van der Waals surface area contributed by atoms with Crippen molar-refractivity contribution in [1.29, 1.82) is 0 Å². The fourth-order valence-corrected chi connectivity index (χ4v) is 2.12. The van der Waals surface area contributed by atoms with Crippen LogP contribution in [0.5, 0.6) is 0 Å². The number of nitrogens with zero attached hydrogens (tertiary/aromatic N) is 2. The number of nitrogens with two attached hydrogens (primary N) is 1. The minimum atomic E-state index is 0.584. The van der Waals surface area contributed by atoms with Crippen molar-refractivity contribution in [3.63, 3.8) is 0 Å². The van der Waals surface area contributed by atoms with Gasteiger partial charge < -0.3 is 16.0 Å². The first-order chi connectivity index (χ1) is 8.16. The Balaban J connectivity index is 2.03. The van der Waals surface area contributed by atoms with E-state index in [0.29, 0.717) is 4.99 Å². The number of pyridine rings is 1. The van der Waals surface area contributed by atoms with Gasteiger partial charge in [-0.2, -0.15) is 0 Å². The zero-order valence-electron chi connectivity index (χ0n) is 10.1. The predicted molar refractivity (Wildman–Crippen MR) is 75.7 cm³/mol. The highest BCUT2D eigenvalue weighted by atomic mass is 32.1. The van der Waals surface area contributed by atoms with Crippen LogP contribution in [0.15, 0.2) is 12.1 Å². The molecule has 0 aromatic carbocycles. The topological polar surface area (TPSA) is 54.2 Å². The van der Waals surface area contributed by atoms with Crippen molar-refractivity contribution in [2.75, 3.05) is 30.4 Å². The van der Waals surface area contributed by atoms with Crippen molar-refractivity contribution in [3.8, 4) is 0 Å². The molecular weight excluding hydrogens is 232 g/mol. The third-order valence-electron chi connectivity index (χ3n) is 2.94. The van der Waals surface area contributed by atoms with E-state index in [1.54, 1.807) is 0 Å². The van der Waals surface area contributed by atoms with Crippen LogP contribution in [0.1, 0.15) is 18.5 Å². The van der Waals surface area contributed by atoms with Gasteiger partial charge in [0.05, 0.1) is 10.7 Å². The number of rotatable bonds is 4. The zero-order chi connectivity index (χ0) is 12.3. The standard InChI is InChI=1S/C12H18N4S/c1-16-8-7-14-12-10(16)6-5-9(15-12)3-2-4-11(13)17/h5-6H,2-4,7-8H2,1H3,(H2,13,17)(H,14,15). The minimum Gasteiger partial charge on any atom is -0.393 e. The molecule has 2 heterocycles. The minimum absolute atomic E-state index is 0.584. The van der Waals surface area contributed by atoms with Gasteiger partial charge in [0.2, 0.25) is 0 Å². The Morgan fingerprint density at radius 1 is 1.59 bits per heavy atom. The largest absolute Gasteiger partial charge is 0.393 e. The van der Waals surface area contributed by atoms with Crippen LogP contribution >= 0.6 is 12.2 Å². The monoisotopic (exact) mass is 250 g/mol. The number of anilines is 2. The van der Waals surface area contributed by atoms with Crippen molar-refractivity contribution < 1.29 is 0 Å². The molecule has 0 unspecified atom stereocenters. The van der Waals surface area contributed by atoms with Crippen LogP contribution in [0.25, 0.3) is 0 Å². The van der Waals surface area contributed by atoms with Crippen molar-refractivity contribution in [1.82, 2.24) is 4.98 Å². The first-order valence-corrected chi connectivity index (χ1v) is 6.31. The summed E-state index contributed by atoms with van der Waals surface area (Å²) in [7, 11) is 2.09. The van der Waals surface area contributed by atoms with Gasteiger partial charge in [-0.05, 0) is 31.4 Å². The van der Waals surface area contributed by atoms with Crippen LogP contribution in [0.2, 0.25) is 0 Å². The van der Waals surface area contributed by atoms with Gasteiger partial charge in [-0.15, -0.1) is 0 Å². The number of hydrogen-bond donors (Lipinski definition) is 2. The second-order valence-electron chi connectivity index (χ2n) is 4.34.